The van der Waals surface area contributed by atoms with Gasteiger partial charge in [-0.3, -0.25) is 0 Å². The zero-order valence-corrected chi connectivity index (χ0v) is 8.83. The molecule has 2 nitrogen and oxygen atoms in total. The van der Waals surface area contributed by atoms with Crippen LogP contribution in [-0.4, -0.2) is 14.1 Å². The molecule has 0 heterocycles. The number of anilines is 1. The Kier molecular flexibility index (Phi) is 2.94. The van der Waals surface area contributed by atoms with Crippen molar-refractivity contribution in [1.29, 1.82) is 0 Å². The molecule has 0 aliphatic rings. The molecule has 0 saturated heterocycles. The van der Waals surface area contributed by atoms with Crippen LogP contribution in [0, 0.1) is 6.92 Å². The molecule has 1 aromatic rings. The van der Waals surface area contributed by atoms with Gasteiger partial charge in [-0.1, -0.05) is 12.1 Å². The lowest BCUT2D eigenvalue weighted by atomic mass is 10.0. The molecule has 0 fully saturated rings. The molecule has 0 bridgehead atoms. The molecule has 72 valence electrons. The van der Waals surface area contributed by atoms with Gasteiger partial charge < -0.3 is 10.6 Å². The van der Waals surface area contributed by atoms with Crippen LogP contribution in [0.5, 0.6) is 0 Å². The minimum Gasteiger partial charge on any atom is -0.377 e. The van der Waals surface area contributed by atoms with Crippen molar-refractivity contribution in [2.45, 2.75) is 19.9 Å². The third kappa shape index (κ3) is 2.22. The molecular formula is C11H18N2. The second-order valence-electron chi connectivity index (χ2n) is 3.75. The van der Waals surface area contributed by atoms with Crippen molar-refractivity contribution in [3.63, 3.8) is 0 Å². The van der Waals surface area contributed by atoms with Crippen LogP contribution in [-0.2, 0) is 0 Å². The van der Waals surface area contributed by atoms with Crippen molar-refractivity contribution < 1.29 is 0 Å². The fraction of sp³-hybridized carbons (Fsp3) is 0.455. The quantitative estimate of drug-likeness (QED) is 0.751. The molecule has 2 N–H and O–H groups in total. The van der Waals surface area contributed by atoms with E-state index in [0.29, 0.717) is 0 Å². The molecule has 0 spiro atoms. The van der Waals surface area contributed by atoms with E-state index in [1.54, 1.807) is 0 Å². The monoisotopic (exact) mass is 178 g/mol. The molecule has 1 rings (SSSR count). The van der Waals surface area contributed by atoms with Gasteiger partial charge in [-0.25, -0.2) is 0 Å². The fourth-order valence-electron chi connectivity index (χ4n) is 1.43. The first-order valence-corrected chi connectivity index (χ1v) is 4.56. The Labute approximate surface area is 80.4 Å². The van der Waals surface area contributed by atoms with Gasteiger partial charge in [-0.15, -0.1) is 0 Å². The first kappa shape index (κ1) is 10.1. The second kappa shape index (κ2) is 3.79. The summed E-state index contributed by atoms with van der Waals surface area (Å²) in [4.78, 5) is 2.10. The van der Waals surface area contributed by atoms with E-state index in [4.69, 9.17) is 5.73 Å². The number of rotatable bonds is 2. The third-order valence-electron chi connectivity index (χ3n) is 2.16. The third-order valence-corrected chi connectivity index (χ3v) is 2.16. The molecule has 1 atom stereocenters. The van der Waals surface area contributed by atoms with E-state index in [1.165, 1.54) is 16.8 Å². The van der Waals surface area contributed by atoms with Gasteiger partial charge in [0, 0.05) is 25.8 Å². The maximum absolute atomic E-state index is 5.88. The summed E-state index contributed by atoms with van der Waals surface area (Å²) in [6.45, 7) is 4.11. The van der Waals surface area contributed by atoms with Gasteiger partial charge in [-0.05, 0) is 31.0 Å². The summed E-state index contributed by atoms with van der Waals surface area (Å²) in [5.74, 6) is 0. The molecule has 0 aromatic heterocycles. The normalized spacial score (nSPS) is 12.7. The van der Waals surface area contributed by atoms with Crippen LogP contribution in [0.25, 0.3) is 0 Å². The minimum absolute atomic E-state index is 0.0954. The number of hydrogen-bond acceptors (Lipinski definition) is 2. The summed E-state index contributed by atoms with van der Waals surface area (Å²) in [5, 5.41) is 0. The lowest BCUT2D eigenvalue weighted by molar-refractivity contribution is 0.812. The Morgan fingerprint density at radius 1 is 1.31 bits per heavy atom. The number of nitrogens with two attached hydrogens (primary N) is 1. The average Bonchev–Trinajstić information content (AvgIpc) is 2.03. The van der Waals surface area contributed by atoms with E-state index in [1.807, 2.05) is 21.0 Å². The summed E-state index contributed by atoms with van der Waals surface area (Å²) in [7, 11) is 4.08. The fourth-order valence-corrected chi connectivity index (χ4v) is 1.43. The Bertz CT molecular complexity index is 290. The molecule has 1 unspecified atom stereocenters. The maximum Gasteiger partial charge on any atom is 0.0411 e. The van der Waals surface area contributed by atoms with Gasteiger partial charge in [0.25, 0.3) is 0 Å². The van der Waals surface area contributed by atoms with Crippen LogP contribution < -0.4 is 10.6 Å². The van der Waals surface area contributed by atoms with Crippen molar-refractivity contribution in [3.8, 4) is 0 Å². The van der Waals surface area contributed by atoms with Gasteiger partial charge >= 0.3 is 0 Å². The van der Waals surface area contributed by atoms with Crippen molar-refractivity contribution in [2.75, 3.05) is 19.0 Å². The molecular weight excluding hydrogens is 160 g/mol. The number of benzene rings is 1. The molecule has 13 heavy (non-hydrogen) atoms. The maximum atomic E-state index is 5.88. The standard InChI is InChI=1S/C11H18N2/c1-8-5-6-10(9(2)12)11(7-8)13(3)4/h5-7,9H,12H2,1-4H3. The Balaban J connectivity index is 3.19. The highest BCUT2D eigenvalue weighted by Gasteiger charge is 2.07. The summed E-state index contributed by atoms with van der Waals surface area (Å²) in [6, 6.07) is 6.47. The molecule has 0 aliphatic heterocycles. The Morgan fingerprint density at radius 3 is 2.38 bits per heavy atom. The Morgan fingerprint density at radius 2 is 1.92 bits per heavy atom. The predicted molar refractivity (Wildman–Crippen MR) is 58.1 cm³/mol. The van der Waals surface area contributed by atoms with Crippen molar-refractivity contribution in [3.05, 3.63) is 29.3 Å². The molecule has 0 aliphatic carbocycles. The van der Waals surface area contributed by atoms with Gasteiger partial charge in [-0.2, -0.15) is 0 Å². The molecule has 0 radical (unpaired) electrons. The molecule has 0 saturated carbocycles. The SMILES string of the molecule is Cc1ccc(C(C)N)c(N(C)C)c1. The molecule has 1 aromatic carbocycles. The second-order valence-corrected chi connectivity index (χ2v) is 3.75. The van der Waals surface area contributed by atoms with Crippen LogP contribution in [0.1, 0.15) is 24.1 Å². The van der Waals surface area contributed by atoms with E-state index in [0.717, 1.165) is 0 Å². The lowest BCUT2D eigenvalue weighted by Crippen LogP contribution is -2.15. The number of hydrogen-bond donors (Lipinski definition) is 1. The summed E-state index contributed by atoms with van der Waals surface area (Å²) in [6.07, 6.45) is 0. The van der Waals surface area contributed by atoms with Gasteiger partial charge in [0.15, 0.2) is 0 Å². The van der Waals surface area contributed by atoms with Crippen LogP contribution in [0.2, 0.25) is 0 Å². The molecule has 2 heteroatoms. The average molecular weight is 178 g/mol. The van der Waals surface area contributed by atoms with E-state index in [9.17, 15) is 0 Å². The first-order valence-electron chi connectivity index (χ1n) is 4.56. The van der Waals surface area contributed by atoms with E-state index in [2.05, 4.69) is 30.0 Å². The number of nitrogens with zero attached hydrogens (tertiary/aromatic N) is 1. The smallest absolute Gasteiger partial charge is 0.0411 e. The van der Waals surface area contributed by atoms with Crippen molar-refractivity contribution in [1.82, 2.24) is 0 Å². The van der Waals surface area contributed by atoms with Crippen LogP contribution in [0.4, 0.5) is 5.69 Å². The van der Waals surface area contributed by atoms with Gasteiger partial charge in [0.1, 0.15) is 0 Å². The summed E-state index contributed by atoms with van der Waals surface area (Å²) >= 11 is 0. The van der Waals surface area contributed by atoms with E-state index >= 15 is 0 Å². The first-order chi connectivity index (χ1) is 6.02. The van der Waals surface area contributed by atoms with Gasteiger partial charge in [0.05, 0.1) is 0 Å². The van der Waals surface area contributed by atoms with E-state index < -0.39 is 0 Å². The van der Waals surface area contributed by atoms with Crippen LogP contribution in [0.3, 0.4) is 0 Å². The summed E-state index contributed by atoms with van der Waals surface area (Å²) in [5.41, 5.74) is 9.57. The van der Waals surface area contributed by atoms with Crippen molar-refractivity contribution >= 4 is 5.69 Å². The number of aryl methyl sites for hydroxylation is 1. The topological polar surface area (TPSA) is 29.3 Å². The van der Waals surface area contributed by atoms with Gasteiger partial charge in [0.2, 0.25) is 0 Å². The van der Waals surface area contributed by atoms with Crippen LogP contribution in [0.15, 0.2) is 18.2 Å². The largest absolute Gasteiger partial charge is 0.377 e. The Hall–Kier alpha value is -1.02. The lowest BCUT2D eigenvalue weighted by Gasteiger charge is -2.20. The highest BCUT2D eigenvalue weighted by Crippen LogP contribution is 2.24. The highest BCUT2D eigenvalue weighted by atomic mass is 15.1. The van der Waals surface area contributed by atoms with Crippen LogP contribution >= 0.6 is 0 Å². The zero-order chi connectivity index (χ0) is 10.0. The zero-order valence-electron chi connectivity index (χ0n) is 8.83. The van der Waals surface area contributed by atoms with E-state index in [-0.39, 0.29) is 6.04 Å². The predicted octanol–water partition coefficient (Wildman–Crippen LogP) is 2.08. The minimum atomic E-state index is 0.0954. The highest BCUT2D eigenvalue weighted by molar-refractivity contribution is 5.55. The van der Waals surface area contributed by atoms with Crippen molar-refractivity contribution in [2.24, 2.45) is 5.73 Å². The summed E-state index contributed by atoms with van der Waals surface area (Å²) < 4.78 is 0. The molecule has 0 amide bonds.